The first-order valence-electron chi connectivity index (χ1n) is 9.24. The average Bonchev–Trinajstić information content (AvgIpc) is 3.38. The number of aryl methyl sites for hydroxylation is 1. The van der Waals surface area contributed by atoms with Crippen molar-refractivity contribution in [3.8, 4) is 6.07 Å². The molecule has 5 nitrogen and oxygen atoms in total. The highest BCUT2D eigenvalue weighted by molar-refractivity contribution is 5.85. The van der Waals surface area contributed by atoms with Gasteiger partial charge in [-0.2, -0.15) is 10.4 Å². The molecule has 1 aromatic heterocycles. The van der Waals surface area contributed by atoms with Gasteiger partial charge in [-0.3, -0.25) is 0 Å². The Morgan fingerprint density at radius 2 is 1.96 bits per heavy atom. The van der Waals surface area contributed by atoms with Crippen LogP contribution in [-0.2, 0) is 19.4 Å². The summed E-state index contributed by atoms with van der Waals surface area (Å²) in [6.45, 7) is 0.598. The van der Waals surface area contributed by atoms with Crippen molar-refractivity contribution in [2.75, 3.05) is 5.73 Å². The second-order valence-electron chi connectivity index (χ2n) is 7.59. The number of nitrogen functional groups attached to an aromatic ring is 1. The molecule has 0 saturated heterocycles. The summed E-state index contributed by atoms with van der Waals surface area (Å²) in [5.74, 6) is 1.51. The van der Waals surface area contributed by atoms with E-state index in [1.54, 1.807) is 4.68 Å². The van der Waals surface area contributed by atoms with Crippen LogP contribution < -0.4 is 11.5 Å². The van der Waals surface area contributed by atoms with E-state index in [-0.39, 0.29) is 24.4 Å². The molecule has 2 aromatic rings. The molecule has 2 aliphatic rings. The van der Waals surface area contributed by atoms with Gasteiger partial charge in [-0.25, -0.2) is 4.68 Å². The van der Waals surface area contributed by atoms with Crippen molar-refractivity contribution in [1.82, 2.24) is 9.78 Å². The van der Waals surface area contributed by atoms with E-state index in [0.29, 0.717) is 17.9 Å². The maximum absolute atomic E-state index is 9.61. The number of halogens is 1. The Hall–Kier alpha value is -2.03. The second kappa shape index (κ2) is 7.69. The standard InChI is InChI=1S/C20H25N5.ClH/c21-11-18-19(16-8-7-14-3-1-2-4-15(14)10-16)24-25(20(18)23)12-17(22)9-13-5-6-13;/h1-4,13,16-17H,5-10,12,22-23H2;1H/t16?,17-;/m1./s1. The predicted octanol–water partition coefficient (Wildman–Crippen LogP) is 3.16. The number of nitrogens with two attached hydrogens (primary N) is 2. The third-order valence-corrected chi connectivity index (χ3v) is 5.60. The van der Waals surface area contributed by atoms with Crippen molar-refractivity contribution >= 4 is 18.2 Å². The molecule has 1 fully saturated rings. The Labute approximate surface area is 160 Å². The lowest BCUT2D eigenvalue weighted by molar-refractivity contribution is 0.461. The molecule has 0 bridgehead atoms. The van der Waals surface area contributed by atoms with Crippen LogP contribution in [0.4, 0.5) is 5.82 Å². The Morgan fingerprint density at radius 3 is 2.65 bits per heavy atom. The van der Waals surface area contributed by atoms with Crippen LogP contribution in [0.15, 0.2) is 24.3 Å². The second-order valence-corrected chi connectivity index (χ2v) is 7.59. The normalized spacial score (nSPS) is 19.9. The van der Waals surface area contributed by atoms with Gasteiger partial charge in [-0.15, -0.1) is 12.4 Å². The molecule has 0 aliphatic heterocycles. The Bertz CT molecular complexity index is 818. The molecule has 0 spiro atoms. The van der Waals surface area contributed by atoms with Crippen molar-refractivity contribution < 1.29 is 0 Å². The van der Waals surface area contributed by atoms with E-state index in [2.05, 4.69) is 30.3 Å². The van der Waals surface area contributed by atoms with Crippen molar-refractivity contribution in [3.63, 3.8) is 0 Å². The first kappa shape index (κ1) is 18.8. The van der Waals surface area contributed by atoms with Gasteiger partial charge >= 0.3 is 0 Å². The van der Waals surface area contributed by atoms with Gasteiger partial charge in [0.05, 0.1) is 12.2 Å². The third kappa shape index (κ3) is 3.72. The van der Waals surface area contributed by atoms with Crippen molar-refractivity contribution in [2.24, 2.45) is 11.7 Å². The van der Waals surface area contributed by atoms with E-state index in [9.17, 15) is 5.26 Å². The fourth-order valence-corrected chi connectivity index (χ4v) is 4.04. The number of benzene rings is 1. The van der Waals surface area contributed by atoms with E-state index in [4.69, 9.17) is 16.6 Å². The van der Waals surface area contributed by atoms with Gasteiger partial charge in [0, 0.05) is 12.0 Å². The largest absolute Gasteiger partial charge is 0.383 e. The molecule has 1 aromatic carbocycles. The third-order valence-electron chi connectivity index (χ3n) is 5.60. The SMILES string of the molecule is Cl.N#Cc1c(C2CCc3ccccc3C2)nn(C[C@H](N)CC2CC2)c1N. The number of hydrogen-bond acceptors (Lipinski definition) is 4. The van der Waals surface area contributed by atoms with Crippen LogP contribution >= 0.6 is 12.4 Å². The Kier molecular flexibility index (Phi) is 5.55. The summed E-state index contributed by atoms with van der Waals surface area (Å²) in [4.78, 5) is 0. The summed E-state index contributed by atoms with van der Waals surface area (Å²) >= 11 is 0. The first-order chi connectivity index (χ1) is 12.2. The van der Waals surface area contributed by atoms with Gasteiger partial charge in [0.25, 0.3) is 0 Å². The summed E-state index contributed by atoms with van der Waals surface area (Å²) in [6, 6.07) is 10.9. The highest BCUT2D eigenvalue weighted by atomic mass is 35.5. The minimum absolute atomic E-state index is 0. The minimum atomic E-state index is 0. The molecular formula is C20H26ClN5. The van der Waals surface area contributed by atoms with E-state index >= 15 is 0 Å². The van der Waals surface area contributed by atoms with Crippen molar-refractivity contribution in [2.45, 2.75) is 57.0 Å². The van der Waals surface area contributed by atoms with Gasteiger partial charge in [0.1, 0.15) is 17.5 Å². The van der Waals surface area contributed by atoms with Crippen LogP contribution in [0.1, 0.15) is 54.0 Å². The maximum atomic E-state index is 9.61. The molecule has 2 aliphatic carbocycles. The number of anilines is 1. The zero-order valence-corrected chi connectivity index (χ0v) is 15.7. The van der Waals surface area contributed by atoms with Crippen LogP contribution in [0.5, 0.6) is 0 Å². The zero-order chi connectivity index (χ0) is 17.4. The smallest absolute Gasteiger partial charge is 0.140 e. The lowest BCUT2D eigenvalue weighted by atomic mass is 9.81. The van der Waals surface area contributed by atoms with Crippen LogP contribution in [0, 0.1) is 17.2 Å². The first-order valence-corrected chi connectivity index (χ1v) is 9.24. The van der Waals surface area contributed by atoms with Crippen molar-refractivity contribution in [1.29, 1.82) is 5.26 Å². The summed E-state index contributed by atoms with van der Waals surface area (Å²) in [5.41, 5.74) is 16.7. The number of rotatable bonds is 5. The molecule has 0 radical (unpaired) electrons. The van der Waals surface area contributed by atoms with Crippen LogP contribution in [0.3, 0.4) is 0 Å². The fourth-order valence-electron chi connectivity index (χ4n) is 4.04. The zero-order valence-electron chi connectivity index (χ0n) is 14.9. The topological polar surface area (TPSA) is 93.6 Å². The molecule has 2 atom stereocenters. The molecule has 6 heteroatoms. The lowest BCUT2D eigenvalue weighted by Gasteiger charge is -2.23. The van der Waals surface area contributed by atoms with E-state index in [0.717, 1.165) is 37.3 Å². The quantitative estimate of drug-likeness (QED) is 0.844. The van der Waals surface area contributed by atoms with Gasteiger partial charge < -0.3 is 11.5 Å². The number of fused-ring (bicyclic) bond motifs is 1. The molecule has 1 heterocycles. The van der Waals surface area contributed by atoms with E-state index < -0.39 is 0 Å². The van der Waals surface area contributed by atoms with Gasteiger partial charge in [0.15, 0.2) is 0 Å². The highest BCUT2D eigenvalue weighted by Crippen LogP contribution is 2.36. The van der Waals surface area contributed by atoms with Crippen molar-refractivity contribution in [3.05, 3.63) is 46.6 Å². The number of aromatic nitrogens is 2. The fraction of sp³-hybridized carbons (Fsp3) is 0.500. The summed E-state index contributed by atoms with van der Waals surface area (Å²) in [5, 5.41) is 14.3. The Balaban J connectivity index is 0.00000196. The molecule has 0 amide bonds. The molecule has 4 rings (SSSR count). The van der Waals surface area contributed by atoms with Crippen LogP contribution in [-0.4, -0.2) is 15.8 Å². The highest BCUT2D eigenvalue weighted by Gasteiger charge is 2.28. The van der Waals surface area contributed by atoms with Gasteiger partial charge in [-0.05, 0) is 42.7 Å². The molecular weight excluding hydrogens is 346 g/mol. The summed E-state index contributed by atoms with van der Waals surface area (Å²) < 4.78 is 1.77. The summed E-state index contributed by atoms with van der Waals surface area (Å²) in [7, 11) is 0. The van der Waals surface area contributed by atoms with Crippen LogP contribution in [0.2, 0.25) is 0 Å². The Morgan fingerprint density at radius 1 is 1.23 bits per heavy atom. The minimum Gasteiger partial charge on any atom is -0.383 e. The number of hydrogen-bond donors (Lipinski definition) is 2. The molecule has 1 saturated carbocycles. The average molecular weight is 372 g/mol. The van der Waals surface area contributed by atoms with Crippen LogP contribution in [0.25, 0.3) is 0 Å². The number of nitrogens with zero attached hydrogens (tertiary/aromatic N) is 3. The van der Waals surface area contributed by atoms with Gasteiger partial charge in [0.2, 0.25) is 0 Å². The van der Waals surface area contributed by atoms with E-state index in [1.807, 2.05) is 0 Å². The lowest BCUT2D eigenvalue weighted by Crippen LogP contribution is -2.28. The number of nitriles is 1. The summed E-state index contributed by atoms with van der Waals surface area (Å²) in [6.07, 6.45) is 6.57. The maximum Gasteiger partial charge on any atom is 0.140 e. The molecule has 138 valence electrons. The predicted molar refractivity (Wildman–Crippen MR) is 105 cm³/mol. The molecule has 1 unspecified atom stereocenters. The molecule has 4 N–H and O–H groups in total. The monoisotopic (exact) mass is 371 g/mol. The van der Waals surface area contributed by atoms with E-state index in [1.165, 1.54) is 24.0 Å². The van der Waals surface area contributed by atoms with Gasteiger partial charge in [-0.1, -0.05) is 37.1 Å². The molecule has 26 heavy (non-hydrogen) atoms.